The molecule has 7 heteroatoms. The lowest BCUT2D eigenvalue weighted by atomic mass is 10.3. The summed E-state index contributed by atoms with van der Waals surface area (Å²) in [6, 6.07) is 11.5. The average Bonchev–Trinajstić information content (AvgIpc) is 2.99. The van der Waals surface area contributed by atoms with Crippen LogP contribution < -0.4 is 10.1 Å². The van der Waals surface area contributed by atoms with Crippen LogP contribution in [0.5, 0.6) is 5.75 Å². The molecule has 0 bridgehead atoms. The summed E-state index contributed by atoms with van der Waals surface area (Å²) in [7, 11) is 0. The monoisotopic (exact) mass is 387 g/mol. The van der Waals surface area contributed by atoms with Gasteiger partial charge >= 0.3 is 0 Å². The lowest BCUT2D eigenvalue weighted by molar-refractivity contribution is -0.116. The molecule has 3 rings (SSSR count). The van der Waals surface area contributed by atoms with Gasteiger partial charge in [0.2, 0.25) is 5.91 Å². The fraction of sp³-hybridized carbons (Fsp3) is 0.200. The molecule has 2 aromatic heterocycles. The van der Waals surface area contributed by atoms with E-state index >= 15 is 0 Å². The fourth-order valence-corrected chi connectivity index (χ4v) is 2.75. The first-order chi connectivity index (χ1) is 13.1. The summed E-state index contributed by atoms with van der Waals surface area (Å²) < 4.78 is 20.1. The Morgan fingerprint density at radius 2 is 2.04 bits per heavy atom. The summed E-state index contributed by atoms with van der Waals surface area (Å²) in [6.45, 7) is 1.05. The molecule has 0 aliphatic heterocycles. The quantitative estimate of drug-likeness (QED) is 0.467. The standard InChI is InChI=1S/C20H19ClFN3O2/c21-20-17(25-13-3-1-5-18(25)24-20)10-11-19(26)23-12-2-4-14-27-16-8-6-15(22)7-9-16/h1,3,5-11,13H,2,4,12,14H2,(H,23,26)/b11-10+. The number of unbranched alkanes of at least 4 members (excludes halogenated alkanes) is 1. The van der Waals surface area contributed by atoms with Crippen molar-refractivity contribution in [1.29, 1.82) is 0 Å². The Morgan fingerprint density at radius 1 is 1.22 bits per heavy atom. The van der Waals surface area contributed by atoms with E-state index in [0.717, 1.165) is 18.5 Å². The van der Waals surface area contributed by atoms with Crippen LogP contribution in [-0.2, 0) is 4.79 Å². The van der Waals surface area contributed by atoms with Gasteiger partial charge in [-0.15, -0.1) is 0 Å². The lowest BCUT2D eigenvalue weighted by Gasteiger charge is -2.06. The zero-order valence-corrected chi connectivity index (χ0v) is 15.3. The minimum Gasteiger partial charge on any atom is -0.494 e. The van der Waals surface area contributed by atoms with E-state index < -0.39 is 0 Å². The van der Waals surface area contributed by atoms with Crippen LogP contribution in [0, 0.1) is 5.82 Å². The fourth-order valence-electron chi connectivity index (χ4n) is 2.51. The maximum atomic E-state index is 12.8. The van der Waals surface area contributed by atoms with Crippen molar-refractivity contribution >= 4 is 29.2 Å². The SMILES string of the molecule is O=C(/C=C/c1c(Cl)nc2ccccn12)NCCCCOc1ccc(F)cc1. The molecule has 1 aromatic carbocycles. The molecular formula is C20H19ClFN3O2. The smallest absolute Gasteiger partial charge is 0.244 e. The van der Waals surface area contributed by atoms with E-state index in [4.69, 9.17) is 16.3 Å². The topological polar surface area (TPSA) is 55.6 Å². The second-order valence-corrected chi connectivity index (χ2v) is 6.21. The molecule has 1 amide bonds. The molecular weight excluding hydrogens is 369 g/mol. The molecule has 5 nitrogen and oxygen atoms in total. The Kier molecular flexibility index (Phi) is 6.44. The Labute approximate surface area is 161 Å². The maximum Gasteiger partial charge on any atom is 0.244 e. The van der Waals surface area contributed by atoms with Crippen LogP contribution in [0.4, 0.5) is 4.39 Å². The molecule has 0 fully saturated rings. The number of fused-ring (bicyclic) bond motifs is 1. The highest BCUT2D eigenvalue weighted by molar-refractivity contribution is 6.31. The molecule has 140 valence electrons. The van der Waals surface area contributed by atoms with Crippen molar-refractivity contribution in [3.05, 3.63) is 71.4 Å². The molecule has 0 atom stereocenters. The second kappa shape index (κ2) is 9.19. The first-order valence-corrected chi connectivity index (χ1v) is 8.98. The van der Waals surface area contributed by atoms with Gasteiger partial charge < -0.3 is 10.1 Å². The van der Waals surface area contributed by atoms with Gasteiger partial charge in [0.05, 0.1) is 12.3 Å². The van der Waals surface area contributed by atoms with Crippen LogP contribution >= 0.6 is 11.6 Å². The van der Waals surface area contributed by atoms with Crippen LogP contribution in [0.2, 0.25) is 5.15 Å². The summed E-state index contributed by atoms with van der Waals surface area (Å²) in [6.07, 6.45) is 6.48. The van der Waals surface area contributed by atoms with Gasteiger partial charge in [-0.2, -0.15) is 0 Å². The summed E-state index contributed by atoms with van der Waals surface area (Å²) in [5.74, 6) is 0.146. The zero-order chi connectivity index (χ0) is 19.1. The summed E-state index contributed by atoms with van der Waals surface area (Å²) in [5, 5.41) is 3.17. The molecule has 0 aliphatic rings. The van der Waals surface area contributed by atoms with Gasteiger partial charge in [-0.05, 0) is 55.3 Å². The van der Waals surface area contributed by atoms with Gasteiger partial charge in [0.1, 0.15) is 17.2 Å². The number of carbonyl (C=O) groups is 1. The third-order valence-corrected chi connectivity index (χ3v) is 4.15. The maximum absolute atomic E-state index is 12.8. The molecule has 27 heavy (non-hydrogen) atoms. The van der Waals surface area contributed by atoms with E-state index in [1.54, 1.807) is 18.2 Å². The number of halogens is 2. The normalized spacial score (nSPS) is 11.2. The first kappa shape index (κ1) is 18.9. The number of nitrogens with zero attached hydrogens (tertiary/aromatic N) is 2. The second-order valence-electron chi connectivity index (χ2n) is 5.85. The molecule has 0 aliphatic carbocycles. The number of carbonyl (C=O) groups excluding carboxylic acids is 1. The number of pyridine rings is 1. The molecule has 0 unspecified atom stereocenters. The predicted molar refractivity (Wildman–Crippen MR) is 103 cm³/mol. The highest BCUT2D eigenvalue weighted by Gasteiger charge is 2.07. The summed E-state index contributed by atoms with van der Waals surface area (Å²) >= 11 is 6.12. The van der Waals surface area contributed by atoms with E-state index in [1.165, 1.54) is 18.2 Å². The van der Waals surface area contributed by atoms with E-state index in [1.807, 2.05) is 28.8 Å². The van der Waals surface area contributed by atoms with Crippen molar-refractivity contribution in [2.24, 2.45) is 0 Å². The number of rotatable bonds is 8. The number of hydrogen-bond donors (Lipinski definition) is 1. The highest BCUT2D eigenvalue weighted by atomic mass is 35.5. The Balaban J connectivity index is 1.38. The third kappa shape index (κ3) is 5.31. The molecule has 0 saturated heterocycles. The summed E-state index contributed by atoms with van der Waals surface area (Å²) in [4.78, 5) is 16.2. The molecule has 0 spiro atoms. The van der Waals surface area contributed by atoms with Crippen molar-refractivity contribution in [2.45, 2.75) is 12.8 Å². The van der Waals surface area contributed by atoms with Crippen LogP contribution in [0.25, 0.3) is 11.7 Å². The van der Waals surface area contributed by atoms with Gasteiger partial charge in [-0.3, -0.25) is 9.20 Å². The van der Waals surface area contributed by atoms with Crippen molar-refractivity contribution in [1.82, 2.24) is 14.7 Å². The number of nitrogens with one attached hydrogen (secondary N) is 1. The van der Waals surface area contributed by atoms with Gasteiger partial charge in [-0.1, -0.05) is 17.7 Å². The highest BCUT2D eigenvalue weighted by Crippen LogP contribution is 2.18. The van der Waals surface area contributed by atoms with E-state index in [-0.39, 0.29) is 11.7 Å². The van der Waals surface area contributed by atoms with Crippen LogP contribution in [0.1, 0.15) is 18.5 Å². The average molecular weight is 388 g/mol. The zero-order valence-electron chi connectivity index (χ0n) is 14.6. The summed E-state index contributed by atoms with van der Waals surface area (Å²) in [5.41, 5.74) is 1.39. The predicted octanol–water partition coefficient (Wildman–Crippen LogP) is 4.12. The van der Waals surface area contributed by atoms with Crippen molar-refractivity contribution in [2.75, 3.05) is 13.2 Å². The number of ether oxygens (including phenoxy) is 1. The molecule has 0 saturated carbocycles. The minimum atomic E-state index is -0.289. The van der Waals surface area contributed by atoms with Gasteiger partial charge in [-0.25, -0.2) is 9.37 Å². The minimum absolute atomic E-state index is 0.198. The third-order valence-electron chi connectivity index (χ3n) is 3.87. The van der Waals surface area contributed by atoms with Crippen molar-refractivity contribution in [3.63, 3.8) is 0 Å². The van der Waals surface area contributed by atoms with E-state index in [2.05, 4.69) is 10.3 Å². The molecule has 1 N–H and O–H groups in total. The van der Waals surface area contributed by atoms with Gasteiger partial charge in [0.25, 0.3) is 0 Å². The Morgan fingerprint density at radius 3 is 2.85 bits per heavy atom. The number of benzene rings is 1. The van der Waals surface area contributed by atoms with Crippen molar-refractivity contribution in [3.8, 4) is 5.75 Å². The van der Waals surface area contributed by atoms with Gasteiger partial charge in [0, 0.05) is 18.8 Å². The van der Waals surface area contributed by atoms with E-state index in [9.17, 15) is 9.18 Å². The van der Waals surface area contributed by atoms with Crippen molar-refractivity contribution < 1.29 is 13.9 Å². The Bertz CT molecular complexity index is 938. The molecule has 0 radical (unpaired) electrons. The van der Waals surface area contributed by atoms with Crippen LogP contribution in [0.3, 0.4) is 0 Å². The Hall–Kier alpha value is -2.86. The number of hydrogen-bond acceptors (Lipinski definition) is 3. The first-order valence-electron chi connectivity index (χ1n) is 8.60. The molecule has 3 aromatic rings. The number of imidazole rings is 1. The van der Waals surface area contributed by atoms with Crippen LogP contribution in [0.15, 0.2) is 54.7 Å². The number of amides is 1. The van der Waals surface area contributed by atoms with Gasteiger partial charge in [0.15, 0.2) is 5.15 Å². The lowest BCUT2D eigenvalue weighted by Crippen LogP contribution is -2.22. The van der Waals surface area contributed by atoms with Crippen LogP contribution in [-0.4, -0.2) is 28.4 Å². The largest absolute Gasteiger partial charge is 0.494 e. The van der Waals surface area contributed by atoms with E-state index in [0.29, 0.717) is 29.7 Å². The number of aromatic nitrogens is 2. The molecule has 2 heterocycles.